The Morgan fingerprint density at radius 1 is 0.765 bits per heavy atom. The number of carboxylic acid groups (broad SMARTS) is 1. The van der Waals surface area contributed by atoms with Crippen LogP contribution in [-0.2, 0) is 9.53 Å². The number of rotatable bonds is 20. The quantitative estimate of drug-likeness (QED) is 0.145. The van der Waals surface area contributed by atoms with Crippen molar-refractivity contribution in [3.63, 3.8) is 0 Å². The normalized spacial score (nSPS) is 11.4. The Balaban J connectivity index is 0.000000999. The molecule has 1 rings (SSSR count). The van der Waals surface area contributed by atoms with E-state index in [1.807, 2.05) is 0 Å². The topological polar surface area (TPSA) is 104 Å². The van der Waals surface area contributed by atoms with Gasteiger partial charge in [0, 0.05) is 6.42 Å². The molecule has 0 aliphatic rings. The summed E-state index contributed by atoms with van der Waals surface area (Å²) in [5, 5.41) is 26.1. The average Bonchev–Trinajstić information content (AvgIpc) is 2.85. The van der Waals surface area contributed by atoms with E-state index in [9.17, 15) is 9.59 Å². The zero-order valence-corrected chi connectivity index (χ0v) is 21.3. The van der Waals surface area contributed by atoms with Gasteiger partial charge in [0.25, 0.3) is 0 Å². The molecule has 0 fully saturated rings. The van der Waals surface area contributed by atoms with Gasteiger partial charge in [-0.05, 0) is 18.6 Å². The van der Waals surface area contributed by atoms with Gasteiger partial charge < -0.3 is 20.1 Å². The lowest BCUT2D eigenvalue weighted by molar-refractivity contribution is -0.147. The maximum atomic E-state index is 11.4. The van der Waals surface area contributed by atoms with E-state index in [0.29, 0.717) is 12.0 Å². The molecular weight excluding hydrogens is 432 g/mol. The minimum Gasteiger partial charge on any atom is -0.478 e. The minimum atomic E-state index is -0.954. The van der Waals surface area contributed by atoms with Crippen LogP contribution in [0.3, 0.4) is 0 Å². The molecule has 0 bridgehead atoms. The second-order valence-corrected chi connectivity index (χ2v) is 8.89. The van der Waals surface area contributed by atoms with Gasteiger partial charge in [-0.3, -0.25) is 4.79 Å². The molecule has 1 unspecified atom stereocenters. The molecule has 0 aromatic heterocycles. The molecule has 0 saturated carbocycles. The minimum absolute atomic E-state index is 0.103. The Bertz CT molecular complexity index is 590. The number of carbonyl (C=O) groups excluding carboxylic acids is 1. The SMILES string of the molecule is CCCCCCCCCCCCCCCCCC(=O)OCC(O)CO.O=C(O)c1ccccc1. The zero-order valence-electron chi connectivity index (χ0n) is 21.3. The molecule has 0 saturated heterocycles. The molecule has 3 N–H and O–H groups in total. The van der Waals surface area contributed by atoms with Gasteiger partial charge in [-0.15, -0.1) is 0 Å². The van der Waals surface area contributed by atoms with Crippen LogP contribution in [-0.4, -0.2) is 46.6 Å². The number of aromatic carboxylic acids is 1. The number of esters is 1. The average molecular weight is 481 g/mol. The van der Waals surface area contributed by atoms with Crippen LogP contribution in [0.15, 0.2) is 30.3 Å². The summed E-state index contributed by atoms with van der Waals surface area (Å²) in [6.45, 7) is 1.79. The van der Waals surface area contributed by atoms with E-state index < -0.39 is 12.1 Å². The summed E-state index contributed by atoms with van der Waals surface area (Å²) in [6, 6.07) is 8.30. The Morgan fingerprint density at radius 2 is 1.21 bits per heavy atom. The summed E-state index contributed by atoms with van der Waals surface area (Å²) >= 11 is 0. The molecule has 0 spiro atoms. The van der Waals surface area contributed by atoms with Gasteiger partial charge in [-0.25, -0.2) is 4.79 Å². The number of unbranched alkanes of at least 4 members (excludes halogenated alkanes) is 14. The van der Waals surface area contributed by atoms with E-state index in [0.717, 1.165) is 12.8 Å². The number of carbonyl (C=O) groups is 2. The molecule has 0 aliphatic heterocycles. The highest BCUT2D eigenvalue weighted by Gasteiger charge is 2.07. The molecule has 6 heteroatoms. The molecule has 0 aliphatic carbocycles. The fourth-order valence-corrected chi connectivity index (χ4v) is 3.54. The molecule has 6 nitrogen and oxygen atoms in total. The van der Waals surface area contributed by atoms with Crippen LogP contribution >= 0.6 is 0 Å². The Hall–Kier alpha value is -1.92. The lowest BCUT2D eigenvalue weighted by Gasteiger charge is -2.08. The van der Waals surface area contributed by atoms with E-state index in [4.69, 9.17) is 20.1 Å². The maximum Gasteiger partial charge on any atom is 0.335 e. The van der Waals surface area contributed by atoms with Gasteiger partial charge in [0.2, 0.25) is 0 Å². The lowest BCUT2D eigenvalue weighted by atomic mass is 10.0. The van der Waals surface area contributed by atoms with Crippen LogP contribution in [0.25, 0.3) is 0 Å². The smallest absolute Gasteiger partial charge is 0.335 e. The van der Waals surface area contributed by atoms with E-state index >= 15 is 0 Å². The molecular formula is C28H48O6. The highest BCUT2D eigenvalue weighted by atomic mass is 16.5. The fourth-order valence-electron chi connectivity index (χ4n) is 3.54. The highest BCUT2D eigenvalue weighted by molar-refractivity contribution is 5.87. The van der Waals surface area contributed by atoms with Gasteiger partial charge >= 0.3 is 11.9 Å². The van der Waals surface area contributed by atoms with E-state index in [1.165, 1.54) is 83.5 Å². The van der Waals surface area contributed by atoms with Crippen LogP contribution in [0.2, 0.25) is 0 Å². The molecule has 0 radical (unpaired) electrons. The van der Waals surface area contributed by atoms with Gasteiger partial charge in [0.1, 0.15) is 12.7 Å². The number of benzene rings is 1. The predicted octanol–water partition coefficient (Wildman–Crippen LogP) is 6.53. The number of hydrogen-bond acceptors (Lipinski definition) is 5. The summed E-state index contributed by atoms with van der Waals surface area (Å²) in [5.41, 5.74) is 0.331. The number of hydrogen-bond donors (Lipinski definition) is 3. The van der Waals surface area contributed by atoms with Crippen molar-refractivity contribution in [2.45, 2.75) is 116 Å². The molecule has 34 heavy (non-hydrogen) atoms. The molecule has 0 heterocycles. The van der Waals surface area contributed by atoms with Crippen LogP contribution < -0.4 is 0 Å². The van der Waals surface area contributed by atoms with Gasteiger partial charge in [-0.1, -0.05) is 115 Å². The van der Waals surface area contributed by atoms with Crippen molar-refractivity contribution in [1.29, 1.82) is 0 Å². The first-order valence-electron chi connectivity index (χ1n) is 13.2. The number of ether oxygens (including phenoxy) is 1. The van der Waals surface area contributed by atoms with Crippen LogP contribution in [0.4, 0.5) is 0 Å². The second-order valence-electron chi connectivity index (χ2n) is 8.89. The summed E-state index contributed by atoms with van der Waals surface area (Å²) < 4.78 is 4.86. The van der Waals surface area contributed by atoms with Crippen molar-refractivity contribution in [3.8, 4) is 0 Å². The summed E-state index contributed by atoms with van der Waals surface area (Å²) in [5.74, 6) is -1.15. The number of aliphatic hydroxyl groups excluding tert-OH is 2. The van der Waals surface area contributed by atoms with Gasteiger partial charge in [-0.2, -0.15) is 0 Å². The lowest BCUT2D eigenvalue weighted by Crippen LogP contribution is -2.21. The third-order valence-corrected chi connectivity index (χ3v) is 5.65. The van der Waals surface area contributed by atoms with Crippen molar-refractivity contribution in [3.05, 3.63) is 35.9 Å². The van der Waals surface area contributed by atoms with E-state index in [1.54, 1.807) is 30.3 Å². The van der Waals surface area contributed by atoms with Crippen LogP contribution in [0, 0.1) is 0 Å². The van der Waals surface area contributed by atoms with Crippen LogP contribution in [0.1, 0.15) is 120 Å². The molecule has 196 valence electrons. The Kier molecular flexibility index (Phi) is 22.8. The van der Waals surface area contributed by atoms with Crippen molar-refractivity contribution in [1.82, 2.24) is 0 Å². The summed E-state index contributed by atoms with van der Waals surface area (Å²) in [7, 11) is 0. The van der Waals surface area contributed by atoms with E-state index in [-0.39, 0.29) is 19.2 Å². The number of carboxylic acids is 1. The zero-order chi connectivity index (χ0) is 25.3. The maximum absolute atomic E-state index is 11.4. The molecule has 1 aromatic carbocycles. The third-order valence-electron chi connectivity index (χ3n) is 5.65. The van der Waals surface area contributed by atoms with Crippen LogP contribution in [0.5, 0.6) is 0 Å². The monoisotopic (exact) mass is 480 g/mol. The van der Waals surface area contributed by atoms with Gasteiger partial charge in [0.15, 0.2) is 0 Å². The highest BCUT2D eigenvalue weighted by Crippen LogP contribution is 2.13. The first-order valence-corrected chi connectivity index (χ1v) is 13.2. The number of aliphatic hydroxyl groups is 2. The van der Waals surface area contributed by atoms with Crippen molar-refractivity contribution in [2.75, 3.05) is 13.2 Å². The Labute approximate surface area is 206 Å². The summed E-state index contributed by atoms with van der Waals surface area (Å²) in [6.07, 6.45) is 19.0. The standard InChI is InChI=1S/C21H42O4.C7H6O2/c1-2-3-4-5-6-7-8-9-10-11-12-13-14-15-16-17-21(24)25-19-20(23)18-22;8-7(9)6-4-2-1-3-5-6/h20,22-23H,2-19H2,1H3;1-5H,(H,8,9). The van der Waals surface area contributed by atoms with Crippen molar-refractivity contribution >= 4 is 11.9 Å². The largest absolute Gasteiger partial charge is 0.478 e. The van der Waals surface area contributed by atoms with Crippen molar-refractivity contribution in [2.24, 2.45) is 0 Å². The second kappa shape index (κ2) is 24.2. The predicted molar refractivity (Wildman–Crippen MR) is 137 cm³/mol. The van der Waals surface area contributed by atoms with Crippen molar-refractivity contribution < 1.29 is 29.6 Å². The third kappa shape index (κ3) is 21.9. The molecule has 1 aromatic rings. The first kappa shape index (κ1) is 32.1. The molecule has 1 atom stereocenters. The van der Waals surface area contributed by atoms with Gasteiger partial charge in [0.05, 0.1) is 12.2 Å². The van der Waals surface area contributed by atoms with E-state index in [2.05, 4.69) is 6.92 Å². The Morgan fingerprint density at radius 3 is 1.59 bits per heavy atom. The fraction of sp³-hybridized carbons (Fsp3) is 0.714. The molecule has 0 amide bonds. The summed E-state index contributed by atoms with van der Waals surface area (Å²) in [4.78, 5) is 21.6. The first-order chi connectivity index (χ1) is 16.5.